The van der Waals surface area contributed by atoms with E-state index in [2.05, 4.69) is 74.6 Å². The van der Waals surface area contributed by atoms with Crippen molar-refractivity contribution in [1.82, 2.24) is 15.1 Å². The third-order valence-corrected chi connectivity index (χ3v) is 5.95. The number of benzene rings is 2. The highest BCUT2D eigenvalue weighted by molar-refractivity contribution is 5.59. The van der Waals surface area contributed by atoms with Gasteiger partial charge in [-0.2, -0.15) is 0 Å². The lowest BCUT2D eigenvalue weighted by Gasteiger charge is -2.46. The van der Waals surface area contributed by atoms with Crippen LogP contribution in [0.3, 0.4) is 0 Å². The van der Waals surface area contributed by atoms with Crippen LogP contribution in [-0.2, 0) is 6.54 Å². The summed E-state index contributed by atoms with van der Waals surface area (Å²) in [5.41, 5.74) is 3.48. The van der Waals surface area contributed by atoms with Gasteiger partial charge in [-0.3, -0.25) is 4.90 Å². The molecule has 4 nitrogen and oxygen atoms in total. The van der Waals surface area contributed by atoms with E-state index in [9.17, 15) is 0 Å². The van der Waals surface area contributed by atoms with Gasteiger partial charge in [0.25, 0.3) is 0 Å². The molecule has 2 fully saturated rings. The molecule has 4 heteroatoms. The quantitative estimate of drug-likeness (QED) is 0.692. The van der Waals surface area contributed by atoms with Crippen LogP contribution in [0.25, 0.3) is 11.3 Å². The monoisotopic (exact) mass is 370 g/mol. The Morgan fingerprint density at radius 2 is 1.39 bits per heavy atom. The zero-order valence-corrected chi connectivity index (χ0v) is 16.1. The number of piperidine rings is 2. The van der Waals surface area contributed by atoms with Crippen molar-refractivity contribution >= 4 is 5.82 Å². The Labute approximate surface area is 166 Å². The molecule has 142 valence electrons. The van der Waals surface area contributed by atoms with Gasteiger partial charge in [0.05, 0.1) is 5.69 Å². The van der Waals surface area contributed by atoms with Crippen LogP contribution in [0.1, 0.15) is 12.0 Å². The fourth-order valence-electron chi connectivity index (χ4n) is 4.80. The molecule has 3 heterocycles. The van der Waals surface area contributed by atoms with E-state index >= 15 is 0 Å². The molecule has 28 heavy (non-hydrogen) atoms. The molecule has 0 amide bonds. The van der Waals surface area contributed by atoms with Gasteiger partial charge < -0.3 is 4.90 Å². The topological polar surface area (TPSA) is 32.3 Å². The van der Waals surface area contributed by atoms with Crippen LogP contribution in [0, 0.1) is 11.8 Å². The molecule has 2 atom stereocenters. The van der Waals surface area contributed by atoms with E-state index in [0.717, 1.165) is 36.7 Å². The normalized spacial score (nSPS) is 22.2. The third-order valence-electron chi connectivity index (χ3n) is 5.95. The number of fused-ring (bicyclic) bond motifs is 2. The van der Waals surface area contributed by atoms with Gasteiger partial charge >= 0.3 is 0 Å². The molecule has 3 aromatic rings. The lowest BCUT2D eigenvalue weighted by molar-refractivity contribution is 0.103. The molecular formula is C24H26N4. The number of hydrogen-bond acceptors (Lipinski definition) is 4. The number of aromatic nitrogens is 2. The minimum atomic E-state index is 0.715. The van der Waals surface area contributed by atoms with Crippen LogP contribution in [-0.4, -0.2) is 41.3 Å². The van der Waals surface area contributed by atoms with E-state index in [1.165, 1.54) is 25.1 Å². The predicted octanol–water partition coefficient (Wildman–Crippen LogP) is 4.10. The maximum absolute atomic E-state index is 4.56. The average Bonchev–Trinajstić information content (AvgIpc) is 2.75. The van der Waals surface area contributed by atoms with Gasteiger partial charge in [0.15, 0.2) is 5.82 Å². The van der Waals surface area contributed by atoms with Crippen LogP contribution in [0.15, 0.2) is 72.8 Å². The van der Waals surface area contributed by atoms with Gasteiger partial charge in [0, 0.05) is 38.3 Å². The molecule has 2 unspecified atom stereocenters. The maximum atomic E-state index is 4.56. The first-order valence-electron chi connectivity index (χ1n) is 10.2. The predicted molar refractivity (Wildman–Crippen MR) is 113 cm³/mol. The van der Waals surface area contributed by atoms with Crippen molar-refractivity contribution in [3.63, 3.8) is 0 Å². The second-order valence-electron chi connectivity index (χ2n) is 8.20. The van der Waals surface area contributed by atoms with Gasteiger partial charge in [-0.15, -0.1) is 10.2 Å². The highest BCUT2D eigenvalue weighted by atomic mass is 15.3. The van der Waals surface area contributed by atoms with Gasteiger partial charge in [-0.05, 0) is 36.0 Å². The van der Waals surface area contributed by atoms with E-state index in [4.69, 9.17) is 0 Å². The van der Waals surface area contributed by atoms with Crippen LogP contribution in [0.5, 0.6) is 0 Å². The Morgan fingerprint density at radius 3 is 2.04 bits per heavy atom. The fraction of sp³-hybridized carbons (Fsp3) is 0.333. The van der Waals surface area contributed by atoms with E-state index in [0.29, 0.717) is 11.8 Å². The summed E-state index contributed by atoms with van der Waals surface area (Å²) in [6.07, 6.45) is 1.34. The lowest BCUT2D eigenvalue weighted by atomic mass is 9.84. The molecule has 5 rings (SSSR count). The lowest BCUT2D eigenvalue weighted by Crippen LogP contribution is -2.52. The Morgan fingerprint density at radius 1 is 0.714 bits per heavy atom. The minimum absolute atomic E-state index is 0.715. The highest BCUT2D eigenvalue weighted by Crippen LogP contribution is 2.31. The molecule has 2 bridgehead atoms. The largest absolute Gasteiger partial charge is 0.354 e. The number of anilines is 1. The first-order valence-corrected chi connectivity index (χ1v) is 10.2. The summed E-state index contributed by atoms with van der Waals surface area (Å²) in [7, 11) is 0. The van der Waals surface area contributed by atoms with Crippen molar-refractivity contribution < 1.29 is 0 Å². The van der Waals surface area contributed by atoms with Crippen LogP contribution >= 0.6 is 0 Å². The summed E-state index contributed by atoms with van der Waals surface area (Å²) in [4.78, 5) is 5.08. The summed E-state index contributed by atoms with van der Waals surface area (Å²) in [6, 6.07) is 25.3. The van der Waals surface area contributed by atoms with E-state index in [1.54, 1.807) is 0 Å². The van der Waals surface area contributed by atoms with Crippen LogP contribution in [0.4, 0.5) is 5.82 Å². The van der Waals surface area contributed by atoms with Crippen molar-refractivity contribution in [2.75, 3.05) is 31.1 Å². The molecule has 0 N–H and O–H groups in total. The first-order chi connectivity index (χ1) is 13.8. The van der Waals surface area contributed by atoms with Gasteiger partial charge in [-0.25, -0.2) is 0 Å². The van der Waals surface area contributed by atoms with Crippen molar-refractivity contribution in [2.45, 2.75) is 13.0 Å². The standard InChI is InChI=1S/C24H26N4/c1-3-7-19(8-4-1)14-27-15-20-13-21(16-27)18-28(17-20)24-12-11-23(25-26-24)22-9-5-2-6-10-22/h1-12,20-21H,13-18H2. The Kier molecular flexibility index (Phi) is 4.79. The summed E-state index contributed by atoms with van der Waals surface area (Å²) < 4.78 is 0. The molecule has 2 aliphatic rings. The highest BCUT2D eigenvalue weighted by Gasteiger charge is 2.34. The van der Waals surface area contributed by atoms with E-state index in [1.807, 2.05) is 18.2 Å². The van der Waals surface area contributed by atoms with Crippen molar-refractivity contribution in [1.29, 1.82) is 0 Å². The molecule has 0 aliphatic carbocycles. The molecule has 0 spiro atoms. The second kappa shape index (κ2) is 7.72. The zero-order chi connectivity index (χ0) is 18.8. The molecule has 0 saturated carbocycles. The maximum Gasteiger partial charge on any atom is 0.151 e. The van der Waals surface area contributed by atoms with Crippen molar-refractivity contribution in [2.24, 2.45) is 11.8 Å². The minimum Gasteiger partial charge on any atom is -0.354 e. The summed E-state index contributed by atoms with van der Waals surface area (Å²) in [5, 5.41) is 9.04. The number of rotatable bonds is 4. The van der Waals surface area contributed by atoms with E-state index < -0.39 is 0 Å². The number of likely N-dealkylation sites (tertiary alicyclic amines) is 1. The first kappa shape index (κ1) is 17.4. The summed E-state index contributed by atoms with van der Waals surface area (Å²) in [6.45, 7) is 5.59. The molecule has 2 saturated heterocycles. The van der Waals surface area contributed by atoms with Crippen molar-refractivity contribution in [3.8, 4) is 11.3 Å². The molecule has 2 aliphatic heterocycles. The Hall–Kier alpha value is -2.72. The Bertz CT molecular complexity index is 881. The smallest absolute Gasteiger partial charge is 0.151 e. The van der Waals surface area contributed by atoms with Gasteiger partial charge in [0.1, 0.15) is 0 Å². The molecule has 0 radical (unpaired) electrons. The van der Waals surface area contributed by atoms with Gasteiger partial charge in [-0.1, -0.05) is 60.7 Å². The summed E-state index contributed by atoms with van der Waals surface area (Å²) in [5.74, 6) is 2.45. The number of hydrogen-bond donors (Lipinski definition) is 0. The Balaban J connectivity index is 1.25. The average molecular weight is 371 g/mol. The van der Waals surface area contributed by atoms with Gasteiger partial charge in [0.2, 0.25) is 0 Å². The van der Waals surface area contributed by atoms with Crippen molar-refractivity contribution in [3.05, 3.63) is 78.4 Å². The SMILES string of the molecule is c1ccc(CN2CC3CC(C2)CN(c2ccc(-c4ccccc4)nn2)C3)cc1. The molecule has 2 aromatic carbocycles. The summed E-state index contributed by atoms with van der Waals surface area (Å²) >= 11 is 0. The van der Waals surface area contributed by atoms with Crippen LogP contribution in [0.2, 0.25) is 0 Å². The number of nitrogens with zero attached hydrogens (tertiary/aromatic N) is 4. The second-order valence-corrected chi connectivity index (χ2v) is 8.20. The third kappa shape index (κ3) is 3.78. The van der Waals surface area contributed by atoms with Crippen LogP contribution < -0.4 is 4.90 Å². The molecular weight excluding hydrogens is 344 g/mol. The fourth-order valence-corrected chi connectivity index (χ4v) is 4.80. The zero-order valence-electron chi connectivity index (χ0n) is 16.1. The van der Waals surface area contributed by atoms with E-state index in [-0.39, 0.29) is 0 Å². The molecule has 1 aromatic heterocycles.